The van der Waals surface area contributed by atoms with Gasteiger partial charge in [0.25, 0.3) is 5.24 Å². The molecule has 1 heterocycles. The average Bonchev–Trinajstić information content (AvgIpc) is 2.14. The Labute approximate surface area is 50.8 Å². The van der Waals surface area contributed by atoms with Crippen molar-refractivity contribution < 1.29 is 9.59 Å². The Hall–Kier alpha value is -0.510. The lowest BCUT2D eigenvalue weighted by Gasteiger charge is -1.92. The molecular formula is C4H5NO2S. The molecule has 3 nitrogen and oxygen atoms in total. The van der Waals surface area contributed by atoms with Crippen molar-refractivity contribution >= 4 is 23.3 Å². The molecule has 0 aromatic rings. The Balaban J connectivity index is 2.43. The minimum Gasteiger partial charge on any atom is -0.337 e. The van der Waals surface area contributed by atoms with Crippen molar-refractivity contribution in [3.8, 4) is 0 Å². The smallest absolute Gasteiger partial charge is 0.279 e. The summed E-state index contributed by atoms with van der Waals surface area (Å²) in [6.45, 7) is 0. The van der Waals surface area contributed by atoms with E-state index in [1.165, 1.54) is 0 Å². The maximum absolute atomic E-state index is 10.3. The van der Waals surface area contributed by atoms with E-state index in [9.17, 15) is 9.59 Å². The molecular weight excluding hydrogens is 126 g/mol. The zero-order chi connectivity index (χ0) is 5.98. The maximum atomic E-state index is 10.3. The van der Waals surface area contributed by atoms with Gasteiger partial charge in [0.05, 0.1) is 6.04 Å². The number of thioether (sulfide) groups is 1. The summed E-state index contributed by atoms with van der Waals surface area (Å²) >= 11 is 1.15. The molecule has 44 valence electrons. The van der Waals surface area contributed by atoms with Crippen LogP contribution < -0.4 is 5.32 Å². The summed E-state index contributed by atoms with van der Waals surface area (Å²) in [5, 5.41) is 2.36. The number of rotatable bonds is 1. The SMILES string of the molecule is O=C[C@@H]1CSC(=O)N1. The molecule has 4 heteroatoms. The molecule has 1 fully saturated rings. The molecule has 1 aliphatic rings. The van der Waals surface area contributed by atoms with E-state index in [2.05, 4.69) is 5.32 Å². The zero-order valence-electron chi connectivity index (χ0n) is 4.09. The molecule has 0 spiro atoms. The second kappa shape index (κ2) is 2.17. The van der Waals surface area contributed by atoms with Crippen LogP contribution in [0.5, 0.6) is 0 Å². The molecule has 1 amide bonds. The summed E-state index contributed by atoms with van der Waals surface area (Å²) in [7, 11) is 0. The minimum atomic E-state index is -0.243. The molecule has 8 heavy (non-hydrogen) atoms. The summed E-state index contributed by atoms with van der Waals surface area (Å²) in [6.07, 6.45) is 0.748. The van der Waals surface area contributed by atoms with E-state index in [1.807, 2.05) is 0 Å². The van der Waals surface area contributed by atoms with Gasteiger partial charge in [-0.05, 0) is 0 Å². The first-order chi connectivity index (χ1) is 3.83. The Morgan fingerprint density at radius 2 is 2.62 bits per heavy atom. The van der Waals surface area contributed by atoms with Gasteiger partial charge >= 0.3 is 0 Å². The molecule has 0 bridgehead atoms. The normalized spacial score (nSPS) is 27.5. The lowest BCUT2D eigenvalue weighted by Crippen LogP contribution is -2.26. The highest BCUT2D eigenvalue weighted by Crippen LogP contribution is 2.10. The molecule has 1 aliphatic heterocycles. The van der Waals surface area contributed by atoms with Gasteiger partial charge < -0.3 is 10.1 Å². The van der Waals surface area contributed by atoms with Crippen molar-refractivity contribution in [3.63, 3.8) is 0 Å². The first kappa shape index (κ1) is 5.62. The zero-order valence-corrected chi connectivity index (χ0v) is 4.90. The Morgan fingerprint density at radius 3 is 2.88 bits per heavy atom. The molecule has 0 aromatic carbocycles. The fourth-order valence-electron chi connectivity index (χ4n) is 0.473. The van der Waals surface area contributed by atoms with Crippen molar-refractivity contribution in [2.24, 2.45) is 0 Å². The number of amides is 1. The van der Waals surface area contributed by atoms with Crippen LogP contribution in [0.25, 0.3) is 0 Å². The topological polar surface area (TPSA) is 46.2 Å². The molecule has 1 atom stereocenters. The van der Waals surface area contributed by atoms with Gasteiger partial charge in [-0.15, -0.1) is 0 Å². The molecule has 0 aromatic heterocycles. The van der Waals surface area contributed by atoms with Gasteiger partial charge in [-0.2, -0.15) is 0 Å². The summed E-state index contributed by atoms with van der Waals surface area (Å²) in [5.41, 5.74) is 0. The third kappa shape index (κ3) is 1.01. The van der Waals surface area contributed by atoms with Crippen LogP contribution in [0.1, 0.15) is 0 Å². The lowest BCUT2D eigenvalue weighted by molar-refractivity contribution is -0.108. The van der Waals surface area contributed by atoms with E-state index in [-0.39, 0.29) is 11.3 Å². The van der Waals surface area contributed by atoms with Gasteiger partial charge in [0.15, 0.2) is 0 Å². The van der Waals surface area contributed by atoms with E-state index in [4.69, 9.17) is 0 Å². The monoisotopic (exact) mass is 131 g/mol. The van der Waals surface area contributed by atoms with E-state index in [0.717, 1.165) is 18.0 Å². The number of nitrogens with one attached hydrogen (secondary N) is 1. The van der Waals surface area contributed by atoms with Crippen LogP contribution in [0.4, 0.5) is 4.79 Å². The van der Waals surface area contributed by atoms with Gasteiger partial charge in [-0.3, -0.25) is 4.79 Å². The van der Waals surface area contributed by atoms with E-state index in [0.29, 0.717) is 5.75 Å². The fraction of sp³-hybridized carbons (Fsp3) is 0.500. The van der Waals surface area contributed by atoms with Crippen LogP contribution in [0.2, 0.25) is 0 Å². The molecule has 1 N–H and O–H groups in total. The van der Waals surface area contributed by atoms with E-state index in [1.54, 1.807) is 0 Å². The molecule has 0 saturated carbocycles. The summed E-state index contributed by atoms with van der Waals surface area (Å²) < 4.78 is 0. The average molecular weight is 131 g/mol. The van der Waals surface area contributed by atoms with Crippen LogP contribution >= 0.6 is 11.8 Å². The van der Waals surface area contributed by atoms with Crippen LogP contribution in [0.3, 0.4) is 0 Å². The third-order valence-electron chi connectivity index (χ3n) is 0.861. The first-order valence-corrected chi connectivity index (χ1v) is 3.20. The van der Waals surface area contributed by atoms with Crippen molar-refractivity contribution in [1.29, 1.82) is 0 Å². The fourth-order valence-corrected chi connectivity index (χ4v) is 1.20. The van der Waals surface area contributed by atoms with Crippen LogP contribution in [-0.2, 0) is 4.79 Å². The van der Waals surface area contributed by atoms with Crippen molar-refractivity contribution in [2.75, 3.05) is 5.75 Å². The second-order valence-corrected chi connectivity index (χ2v) is 2.48. The van der Waals surface area contributed by atoms with Crippen molar-refractivity contribution in [1.82, 2.24) is 5.32 Å². The Kier molecular flexibility index (Phi) is 1.53. The van der Waals surface area contributed by atoms with Gasteiger partial charge in [0.2, 0.25) is 0 Å². The molecule has 0 radical (unpaired) electrons. The number of carbonyl (C=O) groups excluding carboxylic acids is 2. The number of hydrogen-bond acceptors (Lipinski definition) is 3. The number of hydrogen-bond donors (Lipinski definition) is 1. The summed E-state index contributed by atoms with van der Waals surface area (Å²) in [5.74, 6) is 0.586. The molecule has 1 saturated heterocycles. The molecule has 0 unspecified atom stereocenters. The minimum absolute atomic E-state index is 0.0953. The van der Waals surface area contributed by atoms with E-state index < -0.39 is 0 Å². The quantitative estimate of drug-likeness (QED) is 0.510. The number of aldehydes is 1. The second-order valence-electron chi connectivity index (χ2n) is 1.49. The molecule has 1 rings (SSSR count). The molecule has 0 aliphatic carbocycles. The largest absolute Gasteiger partial charge is 0.337 e. The Morgan fingerprint density at radius 1 is 1.88 bits per heavy atom. The first-order valence-electron chi connectivity index (χ1n) is 2.21. The van der Waals surface area contributed by atoms with Crippen LogP contribution in [0.15, 0.2) is 0 Å². The van der Waals surface area contributed by atoms with Crippen molar-refractivity contribution in [2.45, 2.75) is 6.04 Å². The van der Waals surface area contributed by atoms with Crippen LogP contribution in [-0.4, -0.2) is 23.3 Å². The lowest BCUT2D eigenvalue weighted by atomic mass is 10.4. The van der Waals surface area contributed by atoms with Gasteiger partial charge in [0, 0.05) is 5.75 Å². The van der Waals surface area contributed by atoms with Gasteiger partial charge in [0.1, 0.15) is 6.29 Å². The predicted molar refractivity (Wildman–Crippen MR) is 30.8 cm³/mol. The third-order valence-corrected chi connectivity index (χ3v) is 1.77. The number of carbonyl (C=O) groups is 2. The van der Waals surface area contributed by atoms with Gasteiger partial charge in [-0.1, -0.05) is 11.8 Å². The maximum Gasteiger partial charge on any atom is 0.279 e. The highest BCUT2D eigenvalue weighted by atomic mass is 32.2. The summed E-state index contributed by atoms with van der Waals surface area (Å²) in [6, 6.07) is -0.243. The Bertz CT molecular complexity index is 125. The van der Waals surface area contributed by atoms with E-state index >= 15 is 0 Å². The highest BCUT2D eigenvalue weighted by molar-refractivity contribution is 8.14. The predicted octanol–water partition coefficient (Wildman–Crippen LogP) is 0.0103. The van der Waals surface area contributed by atoms with Crippen LogP contribution in [0, 0.1) is 0 Å². The summed E-state index contributed by atoms with van der Waals surface area (Å²) in [4.78, 5) is 20.2. The van der Waals surface area contributed by atoms with Gasteiger partial charge in [-0.25, -0.2) is 0 Å². The van der Waals surface area contributed by atoms with Crippen molar-refractivity contribution in [3.05, 3.63) is 0 Å². The highest BCUT2D eigenvalue weighted by Gasteiger charge is 2.19. The standard InChI is InChI=1S/C4H5NO2S/c6-1-3-2-8-4(7)5-3/h1,3H,2H2,(H,5,7)/t3-/m1/s1.